The van der Waals surface area contributed by atoms with Gasteiger partial charge in [-0.15, -0.1) is 0 Å². The van der Waals surface area contributed by atoms with Crippen molar-refractivity contribution in [1.29, 1.82) is 15.8 Å². The number of fused-ring (bicyclic) bond motifs is 1. The van der Waals surface area contributed by atoms with E-state index in [0.717, 1.165) is 43.7 Å². The Bertz CT molecular complexity index is 1900. The van der Waals surface area contributed by atoms with Crippen LogP contribution in [0.1, 0.15) is 35.6 Å². The third kappa shape index (κ3) is 5.13. The Hall–Kier alpha value is -5.97. The number of nitrogens with two attached hydrogens (primary N) is 1. The van der Waals surface area contributed by atoms with Crippen molar-refractivity contribution in [3.05, 3.63) is 77.6 Å². The van der Waals surface area contributed by atoms with Crippen molar-refractivity contribution in [2.24, 2.45) is 0 Å². The van der Waals surface area contributed by atoms with Crippen LogP contribution in [-0.4, -0.2) is 58.5 Å². The van der Waals surface area contributed by atoms with Gasteiger partial charge in [0.15, 0.2) is 28.5 Å². The van der Waals surface area contributed by atoms with Crippen LogP contribution in [0.5, 0.6) is 0 Å². The van der Waals surface area contributed by atoms with Gasteiger partial charge in [-0.05, 0) is 48.7 Å². The zero-order valence-corrected chi connectivity index (χ0v) is 22.3. The number of hydrogen-bond donors (Lipinski definition) is 2. The number of anilines is 2. The van der Waals surface area contributed by atoms with Crippen molar-refractivity contribution in [3.8, 4) is 35.3 Å². The molecule has 1 aliphatic rings. The minimum atomic E-state index is -0.0846. The maximum atomic E-state index is 9.55. The number of hydrogen-bond acceptors (Lipinski definition) is 12. The number of aromatic nitrogens is 7. The fourth-order valence-corrected chi connectivity index (χ4v) is 5.03. The maximum absolute atomic E-state index is 9.55. The zero-order valence-electron chi connectivity index (χ0n) is 22.3. The molecule has 0 spiro atoms. The number of pyridine rings is 1. The maximum Gasteiger partial charge on any atom is 0.234 e. The summed E-state index contributed by atoms with van der Waals surface area (Å²) < 4.78 is 1.78. The number of nitrogens with zero attached hydrogens (tertiary/aromatic N) is 11. The van der Waals surface area contributed by atoms with Crippen molar-refractivity contribution < 1.29 is 0 Å². The van der Waals surface area contributed by atoms with Crippen molar-refractivity contribution in [2.45, 2.75) is 25.4 Å². The van der Waals surface area contributed by atoms with Crippen LogP contribution in [0, 0.1) is 34.0 Å². The molecule has 0 amide bonds. The number of nitriles is 3. The fraction of sp³-hybridized carbons (Fsp3) is 0.207. The van der Waals surface area contributed by atoms with E-state index < -0.39 is 0 Å². The van der Waals surface area contributed by atoms with E-state index >= 15 is 0 Å². The predicted molar refractivity (Wildman–Crippen MR) is 152 cm³/mol. The molecule has 13 nitrogen and oxygen atoms in total. The molecule has 4 aromatic heterocycles. The Morgan fingerprint density at radius 1 is 0.857 bits per heavy atom. The Morgan fingerprint density at radius 2 is 1.62 bits per heavy atom. The summed E-state index contributed by atoms with van der Waals surface area (Å²) in [5, 5.41) is 31.4. The van der Waals surface area contributed by atoms with E-state index in [1.54, 1.807) is 35.2 Å². The molecule has 3 N–H and O–H groups in total. The molecule has 0 unspecified atom stereocenters. The van der Waals surface area contributed by atoms with Gasteiger partial charge < -0.3 is 11.1 Å². The third-order valence-electron chi connectivity index (χ3n) is 7.08. The lowest BCUT2D eigenvalue weighted by Gasteiger charge is -2.32. The first-order valence-electron chi connectivity index (χ1n) is 13.2. The van der Waals surface area contributed by atoms with Gasteiger partial charge in [-0.25, -0.2) is 29.9 Å². The van der Waals surface area contributed by atoms with Crippen LogP contribution >= 0.6 is 0 Å². The summed E-state index contributed by atoms with van der Waals surface area (Å²) >= 11 is 0. The average molecular weight is 554 g/mol. The number of piperidine rings is 1. The summed E-state index contributed by atoms with van der Waals surface area (Å²) in [4.78, 5) is 28.1. The van der Waals surface area contributed by atoms with Gasteiger partial charge in [-0.2, -0.15) is 15.8 Å². The second-order valence-electron chi connectivity index (χ2n) is 9.74. The first kappa shape index (κ1) is 26.3. The molecule has 42 heavy (non-hydrogen) atoms. The molecule has 1 fully saturated rings. The van der Waals surface area contributed by atoms with Gasteiger partial charge in [0, 0.05) is 43.8 Å². The summed E-state index contributed by atoms with van der Waals surface area (Å²) in [5.41, 5.74) is 9.09. The van der Waals surface area contributed by atoms with E-state index in [2.05, 4.69) is 52.3 Å². The van der Waals surface area contributed by atoms with Crippen LogP contribution in [0.25, 0.3) is 28.4 Å². The van der Waals surface area contributed by atoms with E-state index in [0.29, 0.717) is 22.9 Å². The highest BCUT2D eigenvalue weighted by molar-refractivity contribution is 5.81. The SMILES string of the molecule is N#Cc1nccc(NC2CCN(Cc3ccc(-n4c(-c5cccnc5N)nc5nc(C#N)c(C#N)nc54)cc3)CC2)n1. The lowest BCUT2D eigenvalue weighted by molar-refractivity contribution is 0.211. The molecule has 6 rings (SSSR count). The number of rotatable bonds is 6. The van der Waals surface area contributed by atoms with Gasteiger partial charge in [-0.1, -0.05) is 12.1 Å². The number of nitrogen functional groups attached to an aromatic ring is 1. The van der Waals surface area contributed by atoms with Crippen molar-refractivity contribution in [3.63, 3.8) is 0 Å². The molecule has 0 radical (unpaired) electrons. The molecule has 204 valence electrons. The van der Waals surface area contributed by atoms with E-state index in [1.807, 2.05) is 30.3 Å². The van der Waals surface area contributed by atoms with Gasteiger partial charge in [0.25, 0.3) is 0 Å². The van der Waals surface area contributed by atoms with Crippen molar-refractivity contribution in [1.82, 2.24) is 39.4 Å². The van der Waals surface area contributed by atoms with Crippen LogP contribution in [0.15, 0.2) is 54.9 Å². The smallest absolute Gasteiger partial charge is 0.234 e. The van der Waals surface area contributed by atoms with Crippen LogP contribution in [-0.2, 0) is 6.54 Å². The van der Waals surface area contributed by atoms with Gasteiger partial charge in [0.05, 0.1) is 5.56 Å². The minimum Gasteiger partial charge on any atom is -0.383 e. The standard InChI is InChI=1S/C29H23N13/c30-14-22-23(15-31)38-29-27(37-22)40-28(21-2-1-10-35-26(21)33)42(29)20-5-3-18(4-6-20)17-41-12-8-19(9-13-41)36-24-7-11-34-25(16-32)39-24/h1-7,10-11,19H,8-9,12-13,17H2,(H2,33,35)(H,34,36,39). The molecule has 0 atom stereocenters. The van der Waals surface area contributed by atoms with Crippen LogP contribution in [0.3, 0.4) is 0 Å². The summed E-state index contributed by atoms with van der Waals surface area (Å²) in [6, 6.07) is 19.5. The minimum absolute atomic E-state index is 0.0726. The van der Waals surface area contributed by atoms with Crippen LogP contribution in [0.4, 0.5) is 11.6 Å². The Kier molecular flexibility index (Phi) is 7.04. The molecule has 13 heteroatoms. The Labute approximate surface area is 240 Å². The first-order valence-corrected chi connectivity index (χ1v) is 13.2. The van der Waals surface area contributed by atoms with E-state index in [1.165, 1.54) is 0 Å². The lowest BCUT2D eigenvalue weighted by atomic mass is 10.0. The van der Waals surface area contributed by atoms with Crippen LogP contribution in [0.2, 0.25) is 0 Å². The number of imidazole rings is 1. The first-order chi connectivity index (χ1) is 20.6. The summed E-state index contributed by atoms with van der Waals surface area (Å²) in [6.07, 6.45) is 5.08. The average Bonchev–Trinajstić information content (AvgIpc) is 3.40. The monoisotopic (exact) mass is 553 g/mol. The summed E-state index contributed by atoms with van der Waals surface area (Å²) in [5.74, 6) is 1.58. The van der Waals surface area contributed by atoms with Gasteiger partial charge in [0.1, 0.15) is 29.8 Å². The molecule has 1 aliphatic heterocycles. The van der Waals surface area contributed by atoms with Crippen molar-refractivity contribution in [2.75, 3.05) is 24.1 Å². The highest BCUT2D eigenvalue weighted by Gasteiger charge is 2.22. The quantitative estimate of drug-likeness (QED) is 0.312. The molecule has 5 heterocycles. The van der Waals surface area contributed by atoms with E-state index in [4.69, 9.17) is 11.0 Å². The second-order valence-corrected chi connectivity index (χ2v) is 9.74. The number of likely N-dealkylation sites (tertiary alicyclic amines) is 1. The van der Waals surface area contributed by atoms with Gasteiger partial charge in [0.2, 0.25) is 5.82 Å². The van der Waals surface area contributed by atoms with E-state index in [9.17, 15) is 10.5 Å². The second kappa shape index (κ2) is 11.3. The molecule has 5 aromatic rings. The third-order valence-corrected chi connectivity index (χ3v) is 7.08. The number of benzene rings is 1. The molecule has 1 saturated heterocycles. The summed E-state index contributed by atoms with van der Waals surface area (Å²) in [7, 11) is 0. The van der Waals surface area contributed by atoms with Crippen molar-refractivity contribution >= 4 is 22.9 Å². The lowest BCUT2D eigenvalue weighted by Crippen LogP contribution is -2.38. The Balaban J connectivity index is 1.23. The highest BCUT2D eigenvalue weighted by Crippen LogP contribution is 2.30. The Morgan fingerprint density at radius 3 is 2.33 bits per heavy atom. The fourth-order valence-electron chi connectivity index (χ4n) is 5.03. The number of nitrogens with one attached hydrogen (secondary N) is 1. The molecular weight excluding hydrogens is 530 g/mol. The molecular formula is C29H23N13. The molecule has 0 aliphatic carbocycles. The summed E-state index contributed by atoms with van der Waals surface area (Å²) in [6.45, 7) is 2.62. The van der Waals surface area contributed by atoms with E-state index in [-0.39, 0.29) is 34.7 Å². The molecule has 0 bridgehead atoms. The zero-order chi connectivity index (χ0) is 29.1. The molecule has 0 saturated carbocycles. The van der Waals surface area contributed by atoms with Crippen LogP contribution < -0.4 is 11.1 Å². The largest absolute Gasteiger partial charge is 0.383 e. The normalized spacial score (nSPS) is 13.7. The van der Waals surface area contributed by atoms with Gasteiger partial charge in [-0.3, -0.25) is 9.47 Å². The van der Waals surface area contributed by atoms with Gasteiger partial charge >= 0.3 is 0 Å². The topological polar surface area (TPSA) is 195 Å². The highest BCUT2D eigenvalue weighted by atomic mass is 15.2. The predicted octanol–water partition coefficient (Wildman–Crippen LogP) is 2.94. The molecule has 1 aromatic carbocycles.